The van der Waals surface area contributed by atoms with Crippen LogP contribution in [-0.4, -0.2) is 41.5 Å². The predicted molar refractivity (Wildman–Crippen MR) is 69.7 cm³/mol. The van der Waals surface area contributed by atoms with E-state index in [1.165, 1.54) is 0 Å². The molecule has 1 fully saturated rings. The number of ether oxygens (including phenoxy) is 1. The lowest BCUT2D eigenvalue weighted by Crippen LogP contribution is -2.36. The summed E-state index contributed by atoms with van der Waals surface area (Å²) in [6.07, 6.45) is 0.558. The van der Waals surface area contributed by atoms with Gasteiger partial charge in [0.25, 0.3) is 5.91 Å². The molecule has 0 heterocycles. The minimum Gasteiger partial charge on any atom is -0.484 e. The maximum atomic E-state index is 11.7. The van der Waals surface area contributed by atoms with Crippen molar-refractivity contribution < 1.29 is 19.7 Å². The van der Waals surface area contributed by atoms with Gasteiger partial charge in [-0.25, -0.2) is 0 Å². The molecular weight excluding hydrogens is 246 g/mol. The Bertz CT molecular complexity index is 409. The van der Waals surface area contributed by atoms with Gasteiger partial charge < -0.3 is 20.3 Å². The van der Waals surface area contributed by atoms with Gasteiger partial charge in [0.1, 0.15) is 5.75 Å². The fourth-order valence-corrected chi connectivity index (χ4v) is 2.35. The molecule has 1 aliphatic rings. The Balaban J connectivity index is 1.73. The van der Waals surface area contributed by atoms with Gasteiger partial charge in [-0.3, -0.25) is 4.79 Å². The van der Waals surface area contributed by atoms with Crippen LogP contribution >= 0.6 is 0 Å². The summed E-state index contributed by atoms with van der Waals surface area (Å²) in [5.74, 6) is 0.303. The van der Waals surface area contributed by atoms with Crippen LogP contribution in [-0.2, 0) is 4.79 Å². The topological polar surface area (TPSA) is 78.8 Å². The first-order chi connectivity index (χ1) is 9.19. The summed E-state index contributed by atoms with van der Waals surface area (Å²) >= 11 is 0. The number of para-hydroxylation sites is 1. The number of rotatable bonds is 5. The zero-order valence-corrected chi connectivity index (χ0v) is 10.7. The lowest BCUT2D eigenvalue weighted by atomic mass is 10.1. The highest BCUT2D eigenvalue weighted by molar-refractivity contribution is 5.77. The Morgan fingerprint density at radius 1 is 1.32 bits per heavy atom. The standard InChI is InChI=1S/C14H19NO4/c16-8-10-6-11(7-13(10)17)15-14(18)9-19-12-4-2-1-3-5-12/h1-5,10-11,13,16-17H,6-9H2,(H,15,18)/t10-,11+,13-/m1/s1. The second kappa shape index (κ2) is 6.54. The van der Waals surface area contributed by atoms with Gasteiger partial charge in [0.2, 0.25) is 0 Å². The van der Waals surface area contributed by atoms with Gasteiger partial charge in [0.15, 0.2) is 6.61 Å². The molecule has 0 unspecified atom stereocenters. The summed E-state index contributed by atoms with van der Waals surface area (Å²) in [6, 6.07) is 9.04. The molecule has 104 valence electrons. The minimum absolute atomic E-state index is 0.0413. The Kier molecular flexibility index (Phi) is 4.76. The van der Waals surface area contributed by atoms with Crippen molar-refractivity contribution in [2.45, 2.75) is 25.0 Å². The SMILES string of the molecule is O=C(COc1ccccc1)N[C@H]1C[C@H](CO)[C@H](O)C1. The fourth-order valence-electron chi connectivity index (χ4n) is 2.35. The summed E-state index contributed by atoms with van der Waals surface area (Å²) in [6.45, 7) is -0.0888. The molecule has 0 saturated heterocycles. The number of carbonyl (C=O) groups excluding carboxylic acids is 1. The third-order valence-corrected chi connectivity index (χ3v) is 3.37. The summed E-state index contributed by atoms with van der Waals surface area (Å²) in [5, 5.41) is 21.5. The van der Waals surface area contributed by atoms with E-state index >= 15 is 0 Å². The molecule has 0 radical (unpaired) electrons. The van der Waals surface area contributed by atoms with Gasteiger partial charge in [-0.15, -0.1) is 0 Å². The average molecular weight is 265 g/mol. The molecule has 1 aliphatic carbocycles. The van der Waals surface area contributed by atoms with E-state index < -0.39 is 6.10 Å². The number of carbonyl (C=O) groups is 1. The lowest BCUT2D eigenvalue weighted by molar-refractivity contribution is -0.123. The number of aliphatic hydroxyl groups is 2. The van der Waals surface area contributed by atoms with Crippen LogP contribution in [0.2, 0.25) is 0 Å². The van der Waals surface area contributed by atoms with Crippen LogP contribution < -0.4 is 10.1 Å². The Hall–Kier alpha value is -1.59. The Morgan fingerprint density at radius 3 is 2.68 bits per heavy atom. The quantitative estimate of drug-likeness (QED) is 0.716. The van der Waals surface area contributed by atoms with Crippen molar-refractivity contribution in [1.29, 1.82) is 0 Å². The van der Waals surface area contributed by atoms with E-state index in [-0.39, 0.29) is 31.1 Å². The maximum absolute atomic E-state index is 11.7. The monoisotopic (exact) mass is 265 g/mol. The largest absolute Gasteiger partial charge is 0.484 e. The van der Waals surface area contributed by atoms with Crippen molar-refractivity contribution in [2.75, 3.05) is 13.2 Å². The molecule has 3 N–H and O–H groups in total. The predicted octanol–water partition coefficient (Wildman–Crippen LogP) is 0.313. The molecule has 1 aromatic rings. The van der Waals surface area contributed by atoms with Crippen molar-refractivity contribution in [3.05, 3.63) is 30.3 Å². The third kappa shape index (κ3) is 3.94. The number of aliphatic hydroxyl groups excluding tert-OH is 2. The first kappa shape index (κ1) is 13.8. The molecule has 1 aromatic carbocycles. The summed E-state index contributed by atoms with van der Waals surface area (Å²) in [4.78, 5) is 11.7. The van der Waals surface area contributed by atoms with Crippen molar-refractivity contribution in [3.63, 3.8) is 0 Å². The van der Waals surface area contributed by atoms with Gasteiger partial charge in [-0.1, -0.05) is 18.2 Å². The van der Waals surface area contributed by atoms with Crippen LogP contribution in [0.25, 0.3) is 0 Å². The van der Waals surface area contributed by atoms with E-state index in [1.807, 2.05) is 18.2 Å². The van der Waals surface area contributed by atoms with E-state index in [4.69, 9.17) is 9.84 Å². The fraction of sp³-hybridized carbons (Fsp3) is 0.500. The molecule has 3 atom stereocenters. The average Bonchev–Trinajstić information content (AvgIpc) is 2.77. The summed E-state index contributed by atoms with van der Waals surface area (Å²) in [5.41, 5.74) is 0. The van der Waals surface area contributed by atoms with Crippen LogP contribution in [0.3, 0.4) is 0 Å². The third-order valence-electron chi connectivity index (χ3n) is 3.37. The number of benzene rings is 1. The van der Waals surface area contributed by atoms with E-state index in [0.29, 0.717) is 18.6 Å². The van der Waals surface area contributed by atoms with Gasteiger partial charge >= 0.3 is 0 Å². The molecule has 1 saturated carbocycles. The zero-order chi connectivity index (χ0) is 13.7. The Labute approximate surface area is 112 Å². The second-order valence-electron chi connectivity index (χ2n) is 4.85. The van der Waals surface area contributed by atoms with Gasteiger partial charge in [-0.05, 0) is 25.0 Å². The van der Waals surface area contributed by atoms with Crippen LogP contribution in [0, 0.1) is 5.92 Å². The minimum atomic E-state index is -0.537. The van der Waals surface area contributed by atoms with E-state index in [1.54, 1.807) is 12.1 Å². The maximum Gasteiger partial charge on any atom is 0.258 e. The zero-order valence-electron chi connectivity index (χ0n) is 10.7. The molecular formula is C14H19NO4. The van der Waals surface area contributed by atoms with E-state index in [2.05, 4.69) is 5.32 Å². The van der Waals surface area contributed by atoms with Gasteiger partial charge in [-0.2, -0.15) is 0 Å². The smallest absolute Gasteiger partial charge is 0.258 e. The number of hydrogen-bond acceptors (Lipinski definition) is 4. The van der Waals surface area contributed by atoms with Crippen LogP contribution in [0.4, 0.5) is 0 Å². The van der Waals surface area contributed by atoms with Gasteiger partial charge in [0, 0.05) is 18.6 Å². The van der Waals surface area contributed by atoms with Crippen molar-refractivity contribution in [2.24, 2.45) is 5.92 Å². The lowest BCUT2D eigenvalue weighted by Gasteiger charge is -2.13. The highest BCUT2D eigenvalue weighted by atomic mass is 16.5. The molecule has 5 nitrogen and oxygen atoms in total. The van der Waals surface area contributed by atoms with E-state index in [0.717, 1.165) is 0 Å². The summed E-state index contributed by atoms with van der Waals surface area (Å²) < 4.78 is 5.33. The van der Waals surface area contributed by atoms with E-state index in [9.17, 15) is 9.90 Å². The highest BCUT2D eigenvalue weighted by Crippen LogP contribution is 2.25. The van der Waals surface area contributed by atoms with Crippen LogP contribution in [0.5, 0.6) is 5.75 Å². The molecule has 5 heteroatoms. The normalized spacial score (nSPS) is 26.1. The van der Waals surface area contributed by atoms with Gasteiger partial charge in [0.05, 0.1) is 6.10 Å². The molecule has 0 spiro atoms. The molecule has 1 amide bonds. The van der Waals surface area contributed by atoms with Crippen LogP contribution in [0.15, 0.2) is 30.3 Å². The van der Waals surface area contributed by atoms with Crippen molar-refractivity contribution in [3.8, 4) is 5.75 Å². The molecule has 0 aromatic heterocycles. The Morgan fingerprint density at radius 2 is 2.05 bits per heavy atom. The first-order valence-corrected chi connectivity index (χ1v) is 6.45. The van der Waals surface area contributed by atoms with Crippen molar-refractivity contribution >= 4 is 5.91 Å². The number of hydrogen-bond donors (Lipinski definition) is 3. The number of amides is 1. The molecule has 2 rings (SSSR count). The van der Waals surface area contributed by atoms with Crippen molar-refractivity contribution in [1.82, 2.24) is 5.32 Å². The number of nitrogens with one attached hydrogen (secondary N) is 1. The van der Waals surface area contributed by atoms with Crippen LogP contribution in [0.1, 0.15) is 12.8 Å². The molecule has 0 bridgehead atoms. The molecule has 19 heavy (non-hydrogen) atoms. The highest BCUT2D eigenvalue weighted by Gasteiger charge is 2.33. The first-order valence-electron chi connectivity index (χ1n) is 6.45. The second-order valence-corrected chi connectivity index (χ2v) is 4.85. The molecule has 0 aliphatic heterocycles. The summed E-state index contributed by atoms with van der Waals surface area (Å²) in [7, 11) is 0.